The Morgan fingerprint density at radius 1 is 1.29 bits per heavy atom. The molecule has 2 bridgehead atoms. The van der Waals surface area contributed by atoms with Crippen molar-refractivity contribution in [3.63, 3.8) is 0 Å². The molecule has 0 aromatic heterocycles. The molecule has 142 valence electrons. The van der Waals surface area contributed by atoms with E-state index in [4.69, 9.17) is 18.8 Å². The van der Waals surface area contributed by atoms with Gasteiger partial charge in [-0.15, -0.1) is 0 Å². The van der Waals surface area contributed by atoms with Crippen LogP contribution in [0.25, 0.3) is 0 Å². The lowest BCUT2D eigenvalue weighted by atomic mass is 9.91. The van der Waals surface area contributed by atoms with E-state index in [1.54, 1.807) is 18.9 Å². The van der Waals surface area contributed by atoms with Crippen LogP contribution < -0.4 is 0 Å². The summed E-state index contributed by atoms with van der Waals surface area (Å²) in [5, 5.41) is 1.72. The molecule has 0 spiro atoms. The Labute approximate surface area is 145 Å². The van der Waals surface area contributed by atoms with E-state index in [0.29, 0.717) is 13.2 Å². The standard InChI is InChI=1S/C16H32NO6P/c1-10(2)13-14-15(23-24(18,19)12(5)6)16(21-13,8-17(7)22-14)9-20-11(3)4/h10-15H,8-9H2,1-7H3,(H,18,19)/t13-,14?,15+,16+/m0/s1. The Bertz CT molecular complexity index is 485. The van der Waals surface area contributed by atoms with Gasteiger partial charge >= 0.3 is 7.60 Å². The van der Waals surface area contributed by atoms with E-state index < -0.39 is 31.1 Å². The monoisotopic (exact) mass is 365 g/mol. The second kappa shape index (κ2) is 7.31. The molecule has 2 aliphatic rings. The minimum atomic E-state index is -3.77. The quantitative estimate of drug-likeness (QED) is 0.694. The van der Waals surface area contributed by atoms with Crippen LogP contribution in [0, 0.1) is 5.92 Å². The van der Waals surface area contributed by atoms with E-state index in [-0.39, 0.29) is 18.1 Å². The van der Waals surface area contributed by atoms with Crippen LogP contribution in [0.5, 0.6) is 0 Å². The Morgan fingerprint density at radius 3 is 2.42 bits per heavy atom. The number of hydrogen-bond donors (Lipinski definition) is 1. The lowest BCUT2D eigenvalue weighted by molar-refractivity contribution is -0.255. The number of ether oxygens (including phenoxy) is 2. The molecule has 2 aliphatic heterocycles. The molecule has 0 aromatic carbocycles. The molecule has 2 fully saturated rings. The highest BCUT2D eigenvalue weighted by molar-refractivity contribution is 7.53. The summed E-state index contributed by atoms with van der Waals surface area (Å²) in [5.41, 5.74) is -1.30. The first kappa shape index (κ1) is 20.3. The number of rotatable bonds is 7. The first-order valence-corrected chi connectivity index (χ1v) is 10.3. The smallest absolute Gasteiger partial charge is 0.331 e. The first-order valence-electron chi connectivity index (χ1n) is 8.66. The van der Waals surface area contributed by atoms with Crippen LogP contribution in [-0.2, 0) is 23.4 Å². The molecular formula is C16H32NO6P. The lowest BCUT2D eigenvalue weighted by Gasteiger charge is -2.42. The molecule has 2 unspecified atom stereocenters. The minimum absolute atomic E-state index is 0.0272. The van der Waals surface area contributed by atoms with Gasteiger partial charge in [0.25, 0.3) is 0 Å². The number of likely N-dealkylation sites (N-methyl/N-ethyl adjacent to an activating group) is 1. The summed E-state index contributed by atoms with van der Waals surface area (Å²) in [5.74, 6) is 0.186. The van der Waals surface area contributed by atoms with Crippen LogP contribution in [0.2, 0.25) is 0 Å². The normalized spacial score (nSPS) is 36.7. The third-order valence-electron chi connectivity index (χ3n) is 4.54. The highest BCUT2D eigenvalue weighted by Crippen LogP contribution is 2.54. The molecule has 8 heteroatoms. The predicted molar refractivity (Wildman–Crippen MR) is 90.9 cm³/mol. The average Bonchev–Trinajstić information content (AvgIpc) is 2.62. The summed E-state index contributed by atoms with van der Waals surface area (Å²) >= 11 is 0. The second-order valence-corrected chi connectivity index (χ2v) is 10.2. The molecule has 0 aromatic rings. The zero-order valence-corrected chi connectivity index (χ0v) is 16.7. The van der Waals surface area contributed by atoms with E-state index >= 15 is 0 Å². The topological polar surface area (TPSA) is 77.5 Å². The maximum Gasteiger partial charge on any atom is 0.331 e. The van der Waals surface area contributed by atoms with Gasteiger partial charge in [0.1, 0.15) is 17.8 Å². The van der Waals surface area contributed by atoms with E-state index in [9.17, 15) is 9.46 Å². The van der Waals surface area contributed by atoms with Gasteiger partial charge in [-0.2, -0.15) is 5.06 Å². The van der Waals surface area contributed by atoms with Gasteiger partial charge in [0.2, 0.25) is 0 Å². The zero-order chi connectivity index (χ0) is 18.3. The van der Waals surface area contributed by atoms with Crippen LogP contribution in [0.15, 0.2) is 0 Å². The molecule has 5 atom stereocenters. The average molecular weight is 365 g/mol. The number of hydrogen-bond acceptors (Lipinski definition) is 6. The van der Waals surface area contributed by atoms with Crippen molar-refractivity contribution in [2.45, 2.75) is 77.2 Å². The Hall–Kier alpha value is -0.0100. The Balaban J connectivity index is 2.34. The molecule has 0 aliphatic carbocycles. The Morgan fingerprint density at radius 2 is 1.92 bits per heavy atom. The SMILES string of the molecule is CC(C)OC[C@@]12CN(C)OC([C@H](C(C)C)O1)[C@H]2OP(=O)(O)C(C)C. The summed E-state index contributed by atoms with van der Waals surface area (Å²) in [6.45, 7) is 12.1. The maximum absolute atomic E-state index is 12.5. The molecule has 24 heavy (non-hydrogen) atoms. The fourth-order valence-corrected chi connectivity index (χ4v) is 4.05. The van der Waals surface area contributed by atoms with E-state index in [1.165, 1.54) is 0 Å². The van der Waals surface area contributed by atoms with Crippen molar-refractivity contribution in [1.82, 2.24) is 5.06 Å². The fraction of sp³-hybridized carbons (Fsp3) is 1.00. The molecule has 0 amide bonds. The fourth-order valence-electron chi connectivity index (χ4n) is 3.17. The van der Waals surface area contributed by atoms with Gasteiger partial charge in [0, 0.05) is 7.05 Å². The third-order valence-corrected chi connectivity index (χ3v) is 6.37. The molecule has 1 N–H and O–H groups in total. The molecule has 7 nitrogen and oxygen atoms in total. The highest BCUT2D eigenvalue weighted by atomic mass is 31.2. The van der Waals surface area contributed by atoms with Gasteiger partial charge in [0.15, 0.2) is 0 Å². The van der Waals surface area contributed by atoms with Gasteiger partial charge < -0.3 is 14.4 Å². The van der Waals surface area contributed by atoms with Gasteiger partial charge in [-0.25, -0.2) is 0 Å². The van der Waals surface area contributed by atoms with Crippen molar-refractivity contribution in [3.8, 4) is 0 Å². The molecule has 0 saturated carbocycles. The van der Waals surface area contributed by atoms with E-state index in [2.05, 4.69) is 0 Å². The van der Waals surface area contributed by atoms with E-state index in [0.717, 1.165) is 0 Å². The first-order chi connectivity index (χ1) is 11.0. The Kier molecular flexibility index (Phi) is 6.19. The van der Waals surface area contributed by atoms with Crippen molar-refractivity contribution in [1.29, 1.82) is 0 Å². The molecule has 2 heterocycles. The summed E-state index contributed by atoms with van der Waals surface area (Å²) in [6.07, 6.45) is -1.26. The molecule has 0 radical (unpaired) electrons. The summed E-state index contributed by atoms with van der Waals surface area (Å²) in [6, 6.07) is 0. The van der Waals surface area contributed by atoms with Crippen LogP contribution >= 0.6 is 7.60 Å². The van der Waals surface area contributed by atoms with Crippen molar-refractivity contribution < 1.29 is 28.3 Å². The summed E-state index contributed by atoms with van der Waals surface area (Å²) in [4.78, 5) is 16.2. The van der Waals surface area contributed by atoms with Gasteiger partial charge in [-0.1, -0.05) is 27.7 Å². The number of nitrogens with zero attached hydrogens (tertiary/aromatic N) is 1. The van der Waals surface area contributed by atoms with Crippen LogP contribution in [0.3, 0.4) is 0 Å². The maximum atomic E-state index is 12.5. The predicted octanol–water partition coefficient (Wildman–Crippen LogP) is 2.43. The molecule has 2 rings (SSSR count). The third kappa shape index (κ3) is 4.04. The minimum Gasteiger partial charge on any atom is -0.376 e. The molecular weight excluding hydrogens is 333 g/mol. The van der Waals surface area contributed by atoms with E-state index in [1.807, 2.05) is 34.7 Å². The second-order valence-electron chi connectivity index (χ2n) is 7.79. The van der Waals surface area contributed by atoms with Gasteiger partial charge in [0.05, 0.1) is 31.0 Å². The van der Waals surface area contributed by atoms with Crippen molar-refractivity contribution in [2.75, 3.05) is 20.2 Å². The number of fused-ring (bicyclic) bond motifs is 2. The van der Waals surface area contributed by atoms with Crippen LogP contribution in [0.1, 0.15) is 41.5 Å². The van der Waals surface area contributed by atoms with Gasteiger partial charge in [-0.3, -0.25) is 13.9 Å². The number of hydroxylamine groups is 2. The van der Waals surface area contributed by atoms with Gasteiger partial charge in [-0.05, 0) is 19.8 Å². The van der Waals surface area contributed by atoms with Crippen molar-refractivity contribution >= 4 is 7.60 Å². The zero-order valence-electron chi connectivity index (χ0n) is 15.8. The van der Waals surface area contributed by atoms with Crippen molar-refractivity contribution in [3.05, 3.63) is 0 Å². The lowest BCUT2D eigenvalue weighted by Crippen LogP contribution is -2.60. The van der Waals surface area contributed by atoms with Crippen LogP contribution in [0.4, 0.5) is 0 Å². The van der Waals surface area contributed by atoms with Crippen LogP contribution in [-0.4, -0.2) is 65.8 Å². The highest BCUT2D eigenvalue weighted by Gasteiger charge is 2.63. The largest absolute Gasteiger partial charge is 0.376 e. The summed E-state index contributed by atoms with van der Waals surface area (Å²) < 4.78 is 30.4. The summed E-state index contributed by atoms with van der Waals surface area (Å²) in [7, 11) is -1.93. The van der Waals surface area contributed by atoms with Crippen molar-refractivity contribution in [2.24, 2.45) is 5.92 Å². The molecule has 2 saturated heterocycles.